The van der Waals surface area contributed by atoms with Gasteiger partial charge in [0.25, 0.3) is 0 Å². The fourth-order valence-electron chi connectivity index (χ4n) is 1.71. The van der Waals surface area contributed by atoms with Crippen LogP contribution in [-0.4, -0.2) is 43.8 Å². The Morgan fingerprint density at radius 1 is 1.32 bits per heavy atom. The summed E-state index contributed by atoms with van der Waals surface area (Å²) in [5, 5.41) is 2.52. The van der Waals surface area contributed by atoms with Crippen molar-refractivity contribution < 1.29 is 14.0 Å². The molecular weight excluding hydrogens is 247 g/mol. The van der Waals surface area contributed by atoms with Gasteiger partial charge in [-0.15, -0.1) is 0 Å². The van der Waals surface area contributed by atoms with Crippen LogP contribution in [0.4, 0.5) is 4.39 Å². The Balaban J connectivity index is 2.39. The van der Waals surface area contributed by atoms with Crippen molar-refractivity contribution >= 4 is 11.7 Å². The first-order valence-electron chi connectivity index (χ1n) is 6.17. The average Bonchev–Trinajstić information content (AvgIpc) is 2.38. The maximum atomic E-state index is 13.4. The van der Waals surface area contributed by atoms with E-state index in [1.165, 1.54) is 6.07 Å². The van der Waals surface area contributed by atoms with E-state index < -0.39 is 0 Å². The van der Waals surface area contributed by atoms with Gasteiger partial charge in [-0.05, 0) is 18.7 Å². The summed E-state index contributed by atoms with van der Waals surface area (Å²) in [5.41, 5.74) is 0.409. The molecule has 0 atom stereocenters. The van der Waals surface area contributed by atoms with Gasteiger partial charge < -0.3 is 5.32 Å². The van der Waals surface area contributed by atoms with Crippen LogP contribution in [0.2, 0.25) is 0 Å². The third-order valence-corrected chi connectivity index (χ3v) is 2.79. The zero-order valence-electron chi connectivity index (χ0n) is 11.3. The average molecular weight is 266 g/mol. The molecule has 1 aromatic rings. The SMILES string of the molecule is CNC(=O)CCN(C)CC(=O)Cc1ccccc1F. The highest BCUT2D eigenvalue weighted by molar-refractivity contribution is 5.83. The monoisotopic (exact) mass is 266 g/mol. The van der Waals surface area contributed by atoms with E-state index in [4.69, 9.17) is 0 Å². The van der Waals surface area contributed by atoms with Gasteiger partial charge in [0.05, 0.1) is 6.54 Å². The smallest absolute Gasteiger partial charge is 0.221 e. The molecule has 0 heterocycles. The predicted octanol–water partition coefficient (Wildman–Crippen LogP) is 1.01. The van der Waals surface area contributed by atoms with Gasteiger partial charge in [0.15, 0.2) is 5.78 Å². The Kier molecular flexibility index (Phi) is 6.15. The number of benzene rings is 1. The van der Waals surface area contributed by atoms with Crippen LogP contribution in [0, 0.1) is 5.82 Å². The molecule has 0 aliphatic carbocycles. The lowest BCUT2D eigenvalue weighted by molar-refractivity contribution is -0.122. The third kappa shape index (κ3) is 5.61. The number of likely N-dealkylation sites (N-methyl/N-ethyl adjacent to an activating group) is 1. The van der Waals surface area contributed by atoms with Crippen LogP contribution in [0.25, 0.3) is 0 Å². The van der Waals surface area contributed by atoms with Crippen molar-refractivity contribution in [2.45, 2.75) is 12.8 Å². The maximum absolute atomic E-state index is 13.4. The highest BCUT2D eigenvalue weighted by atomic mass is 19.1. The predicted molar refractivity (Wildman–Crippen MR) is 71.3 cm³/mol. The normalized spacial score (nSPS) is 10.5. The van der Waals surface area contributed by atoms with Crippen molar-refractivity contribution in [3.63, 3.8) is 0 Å². The summed E-state index contributed by atoms with van der Waals surface area (Å²) >= 11 is 0. The Labute approximate surface area is 112 Å². The molecule has 1 amide bonds. The summed E-state index contributed by atoms with van der Waals surface area (Å²) in [6.45, 7) is 0.716. The first kappa shape index (κ1) is 15.3. The van der Waals surface area contributed by atoms with Crippen LogP contribution in [0.3, 0.4) is 0 Å². The molecule has 1 N–H and O–H groups in total. The molecule has 0 radical (unpaired) electrons. The van der Waals surface area contributed by atoms with Gasteiger partial charge in [-0.1, -0.05) is 18.2 Å². The molecule has 0 saturated carbocycles. The van der Waals surface area contributed by atoms with Gasteiger partial charge in [-0.3, -0.25) is 14.5 Å². The number of Topliss-reactive ketones (excluding diaryl/α,β-unsaturated/α-hetero) is 1. The molecule has 1 rings (SSSR count). The van der Waals surface area contributed by atoms with Gasteiger partial charge in [-0.25, -0.2) is 4.39 Å². The van der Waals surface area contributed by atoms with Crippen LogP contribution in [0.1, 0.15) is 12.0 Å². The largest absolute Gasteiger partial charge is 0.359 e. The summed E-state index contributed by atoms with van der Waals surface area (Å²) in [6, 6.07) is 6.26. The van der Waals surface area contributed by atoms with Crippen LogP contribution >= 0.6 is 0 Å². The second-order valence-corrected chi connectivity index (χ2v) is 4.47. The lowest BCUT2D eigenvalue weighted by Gasteiger charge is -2.15. The second kappa shape index (κ2) is 7.63. The molecule has 1 aromatic carbocycles. The van der Waals surface area contributed by atoms with Crippen molar-refractivity contribution in [1.29, 1.82) is 0 Å². The number of amides is 1. The number of hydrogen-bond donors (Lipinski definition) is 1. The Morgan fingerprint density at radius 3 is 2.63 bits per heavy atom. The maximum Gasteiger partial charge on any atom is 0.221 e. The molecular formula is C14H19FN2O2. The number of ketones is 1. The van der Waals surface area contributed by atoms with Crippen LogP contribution < -0.4 is 5.32 Å². The van der Waals surface area contributed by atoms with Crippen LogP contribution in [-0.2, 0) is 16.0 Å². The lowest BCUT2D eigenvalue weighted by Crippen LogP contribution is -2.31. The first-order chi connectivity index (χ1) is 9.02. The molecule has 0 bridgehead atoms. The Morgan fingerprint density at radius 2 is 2.00 bits per heavy atom. The number of carbonyl (C=O) groups excluding carboxylic acids is 2. The van der Waals surface area contributed by atoms with E-state index in [9.17, 15) is 14.0 Å². The van der Waals surface area contributed by atoms with E-state index in [0.717, 1.165) is 0 Å². The number of nitrogens with zero attached hydrogens (tertiary/aromatic N) is 1. The zero-order chi connectivity index (χ0) is 14.3. The van der Waals surface area contributed by atoms with Crippen LogP contribution in [0.5, 0.6) is 0 Å². The zero-order valence-corrected chi connectivity index (χ0v) is 11.3. The lowest BCUT2D eigenvalue weighted by atomic mass is 10.1. The number of halogens is 1. The first-order valence-corrected chi connectivity index (χ1v) is 6.17. The summed E-state index contributed by atoms with van der Waals surface area (Å²) in [5.74, 6) is -0.484. The highest BCUT2D eigenvalue weighted by Gasteiger charge is 2.11. The molecule has 19 heavy (non-hydrogen) atoms. The van der Waals surface area contributed by atoms with Gasteiger partial charge in [-0.2, -0.15) is 0 Å². The van der Waals surface area contributed by atoms with Crippen molar-refractivity contribution in [2.75, 3.05) is 27.2 Å². The van der Waals surface area contributed by atoms with E-state index in [-0.39, 0.29) is 30.5 Å². The van der Waals surface area contributed by atoms with E-state index in [1.807, 2.05) is 0 Å². The summed E-state index contributed by atoms with van der Waals surface area (Å²) in [7, 11) is 3.34. The number of carbonyl (C=O) groups is 2. The van der Waals surface area contributed by atoms with Crippen molar-refractivity contribution in [3.05, 3.63) is 35.6 Å². The summed E-state index contributed by atoms with van der Waals surface area (Å²) in [6.07, 6.45) is 0.428. The Bertz CT molecular complexity index is 449. The van der Waals surface area contributed by atoms with Gasteiger partial charge in [0.1, 0.15) is 5.82 Å². The molecule has 0 aromatic heterocycles. The molecule has 0 saturated heterocycles. The molecule has 0 spiro atoms. The molecule has 4 nitrogen and oxygen atoms in total. The van der Waals surface area contributed by atoms with E-state index >= 15 is 0 Å². The molecule has 0 aliphatic rings. The third-order valence-electron chi connectivity index (χ3n) is 2.79. The van der Waals surface area contributed by atoms with E-state index in [0.29, 0.717) is 18.5 Å². The summed E-state index contributed by atoms with van der Waals surface area (Å²) in [4.78, 5) is 24.6. The minimum absolute atomic E-state index is 0.0617. The topological polar surface area (TPSA) is 49.4 Å². The molecule has 0 unspecified atom stereocenters. The van der Waals surface area contributed by atoms with Gasteiger partial charge >= 0.3 is 0 Å². The fraction of sp³-hybridized carbons (Fsp3) is 0.429. The van der Waals surface area contributed by atoms with E-state index in [2.05, 4.69) is 5.32 Å². The number of rotatable bonds is 7. The van der Waals surface area contributed by atoms with Crippen molar-refractivity contribution in [3.8, 4) is 0 Å². The minimum atomic E-state index is -0.358. The highest BCUT2D eigenvalue weighted by Crippen LogP contribution is 2.07. The number of hydrogen-bond acceptors (Lipinski definition) is 3. The van der Waals surface area contributed by atoms with Crippen LogP contribution in [0.15, 0.2) is 24.3 Å². The molecule has 5 heteroatoms. The molecule has 104 valence electrons. The Hall–Kier alpha value is -1.75. The minimum Gasteiger partial charge on any atom is -0.359 e. The molecule has 0 aliphatic heterocycles. The standard InChI is InChI=1S/C14H19FN2O2/c1-16-14(19)7-8-17(2)10-12(18)9-11-5-3-4-6-13(11)15/h3-6H,7-10H2,1-2H3,(H,16,19). The second-order valence-electron chi connectivity index (χ2n) is 4.47. The van der Waals surface area contributed by atoms with Crippen molar-refractivity contribution in [2.24, 2.45) is 0 Å². The van der Waals surface area contributed by atoms with E-state index in [1.54, 1.807) is 37.2 Å². The summed E-state index contributed by atoms with van der Waals surface area (Å²) < 4.78 is 13.4. The van der Waals surface area contributed by atoms with Gasteiger partial charge in [0, 0.05) is 26.4 Å². The molecule has 0 fully saturated rings. The van der Waals surface area contributed by atoms with Gasteiger partial charge in [0.2, 0.25) is 5.91 Å². The quantitative estimate of drug-likeness (QED) is 0.801. The number of nitrogens with one attached hydrogen (secondary N) is 1. The van der Waals surface area contributed by atoms with Crippen molar-refractivity contribution in [1.82, 2.24) is 10.2 Å². The fourth-order valence-corrected chi connectivity index (χ4v) is 1.71.